The van der Waals surface area contributed by atoms with Crippen LogP contribution in [0.4, 0.5) is 22.7 Å². The molecule has 3 nitrogen and oxygen atoms in total. The zero-order valence-corrected chi connectivity index (χ0v) is 25.6. The molecule has 0 bridgehead atoms. The van der Waals surface area contributed by atoms with Gasteiger partial charge in [0, 0.05) is 47.0 Å². The van der Waals surface area contributed by atoms with E-state index in [2.05, 4.69) is 114 Å². The average Bonchev–Trinajstić information content (AvgIpc) is 2.91. The highest BCUT2D eigenvalue weighted by atomic mass is 16.1. The first-order valence-corrected chi connectivity index (χ1v) is 14.6. The summed E-state index contributed by atoms with van der Waals surface area (Å²) in [6.07, 6.45) is 2.08. The summed E-state index contributed by atoms with van der Waals surface area (Å²) in [5.74, 6) is 0.0487. The van der Waals surface area contributed by atoms with Crippen LogP contribution in [0.15, 0.2) is 72.8 Å². The Morgan fingerprint density at radius 1 is 0.525 bits per heavy atom. The summed E-state index contributed by atoms with van der Waals surface area (Å²) >= 11 is 0. The first kappa shape index (κ1) is 29.1. The molecular weight excluding hydrogens is 488 g/mol. The van der Waals surface area contributed by atoms with Gasteiger partial charge in [0.1, 0.15) is 0 Å². The molecule has 0 aliphatic heterocycles. The highest BCUT2D eigenvalue weighted by Gasteiger charge is 2.18. The molecule has 0 saturated heterocycles. The normalized spacial score (nSPS) is 11.0. The van der Waals surface area contributed by atoms with E-state index < -0.39 is 0 Å². The molecule has 0 aromatic heterocycles. The lowest BCUT2D eigenvalue weighted by Gasteiger charge is -2.29. The van der Waals surface area contributed by atoms with Gasteiger partial charge < -0.3 is 9.80 Å². The first-order chi connectivity index (χ1) is 19.1. The van der Waals surface area contributed by atoms with Crippen molar-refractivity contribution in [3.8, 4) is 0 Å². The number of hydrogen-bond acceptors (Lipinski definition) is 3. The van der Waals surface area contributed by atoms with Crippen molar-refractivity contribution in [3.05, 3.63) is 117 Å². The summed E-state index contributed by atoms with van der Waals surface area (Å²) in [4.78, 5) is 18.2. The summed E-state index contributed by atoms with van der Waals surface area (Å²) in [6.45, 7) is 19.3. The van der Waals surface area contributed by atoms with Crippen LogP contribution in [0.25, 0.3) is 0 Å². The van der Waals surface area contributed by atoms with Gasteiger partial charge in [0.25, 0.3) is 0 Å². The van der Waals surface area contributed by atoms with E-state index >= 15 is 0 Å². The van der Waals surface area contributed by atoms with Gasteiger partial charge in [0.05, 0.1) is 0 Å². The Bertz CT molecular complexity index is 1320. The second kappa shape index (κ2) is 12.6. The van der Waals surface area contributed by atoms with E-state index in [1.807, 2.05) is 24.3 Å². The first-order valence-electron chi connectivity index (χ1n) is 14.6. The fraction of sp³-hybridized carbons (Fsp3) is 0.324. The molecular formula is C37H44N2O. The van der Waals surface area contributed by atoms with Crippen LogP contribution in [0.3, 0.4) is 0 Å². The van der Waals surface area contributed by atoms with Gasteiger partial charge in [-0.2, -0.15) is 0 Å². The van der Waals surface area contributed by atoms with E-state index in [0.29, 0.717) is 11.1 Å². The Hall–Kier alpha value is -3.85. The summed E-state index contributed by atoms with van der Waals surface area (Å²) in [6, 6.07) is 25.2. The second-order valence-electron chi connectivity index (χ2n) is 11.2. The fourth-order valence-corrected chi connectivity index (χ4v) is 6.14. The molecule has 0 radical (unpaired) electrons. The minimum absolute atomic E-state index is 0.0487. The topological polar surface area (TPSA) is 23.6 Å². The quantitative estimate of drug-likeness (QED) is 0.190. The molecule has 4 aromatic carbocycles. The number of carbonyl (C=O) groups is 1. The maximum Gasteiger partial charge on any atom is 0.193 e. The molecule has 40 heavy (non-hydrogen) atoms. The van der Waals surface area contributed by atoms with Crippen LogP contribution in [-0.4, -0.2) is 18.9 Å². The molecule has 3 heteroatoms. The highest BCUT2D eigenvalue weighted by molar-refractivity contribution is 6.09. The van der Waals surface area contributed by atoms with Crippen LogP contribution in [0.1, 0.15) is 76.0 Å². The Labute approximate surface area is 241 Å². The number of hydrogen-bond donors (Lipinski definition) is 0. The Morgan fingerprint density at radius 3 is 1.10 bits per heavy atom. The lowest BCUT2D eigenvalue weighted by atomic mass is 10.00. The van der Waals surface area contributed by atoms with E-state index in [0.717, 1.165) is 37.3 Å². The Balaban J connectivity index is 1.59. The van der Waals surface area contributed by atoms with E-state index in [9.17, 15) is 4.79 Å². The number of rotatable bonds is 10. The van der Waals surface area contributed by atoms with Gasteiger partial charge in [0.2, 0.25) is 0 Å². The van der Waals surface area contributed by atoms with Gasteiger partial charge in [-0.05, 0) is 125 Å². The number of benzene rings is 4. The van der Waals surface area contributed by atoms with E-state index in [-0.39, 0.29) is 5.78 Å². The van der Waals surface area contributed by atoms with Gasteiger partial charge in [-0.1, -0.05) is 49.2 Å². The van der Waals surface area contributed by atoms with E-state index in [1.54, 1.807) is 0 Å². The van der Waals surface area contributed by atoms with Gasteiger partial charge in [-0.25, -0.2) is 0 Å². The van der Waals surface area contributed by atoms with Crippen LogP contribution in [-0.2, 0) is 0 Å². The summed E-state index contributed by atoms with van der Waals surface area (Å²) in [5.41, 5.74) is 13.8. The van der Waals surface area contributed by atoms with Crippen molar-refractivity contribution >= 4 is 28.5 Å². The number of aryl methyl sites for hydroxylation is 6. The van der Waals surface area contributed by atoms with Crippen molar-refractivity contribution in [2.24, 2.45) is 0 Å². The lowest BCUT2D eigenvalue weighted by molar-refractivity contribution is 0.103. The maximum absolute atomic E-state index is 13.5. The molecule has 0 heterocycles. The molecule has 0 spiro atoms. The van der Waals surface area contributed by atoms with Crippen molar-refractivity contribution in [1.29, 1.82) is 0 Å². The fourth-order valence-electron chi connectivity index (χ4n) is 6.14. The predicted molar refractivity (Wildman–Crippen MR) is 172 cm³/mol. The van der Waals surface area contributed by atoms with E-state index in [1.165, 1.54) is 44.8 Å². The molecule has 0 fully saturated rings. The second-order valence-corrected chi connectivity index (χ2v) is 11.2. The zero-order valence-electron chi connectivity index (χ0n) is 25.6. The van der Waals surface area contributed by atoms with Crippen LogP contribution >= 0.6 is 0 Å². The molecule has 208 valence electrons. The highest BCUT2D eigenvalue weighted by Crippen LogP contribution is 2.35. The van der Waals surface area contributed by atoms with Crippen molar-refractivity contribution in [3.63, 3.8) is 0 Å². The summed E-state index contributed by atoms with van der Waals surface area (Å²) in [5, 5.41) is 0. The van der Waals surface area contributed by atoms with Crippen molar-refractivity contribution in [2.45, 2.75) is 68.2 Å². The molecule has 0 unspecified atom stereocenters. The molecule has 0 amide bonds. The standard InChI is InChI=1S/C37H44N2O/c1-9-19-38(35-27(5)21-25(3)22-28(35)6)33-15-11-31(12-16-33)37(40)32-13-17-34(18-14-32)39(20-10-2)36-29(7)23-26(4)24-30(36)8/h11-18,21-24H,9-10,19-20H2,1-8H3. The minimum atomic E-state index is 0.0487. The minimum Gasteiger partial charge on any atom is -0.341 e. The van der Waals surface area contributed by atoms with E-state index in [4.69, 9.17) is 0 Å². The van der Waals surface area contributed by atoms with Crippen LogP contribution in [0, 0.1) is 41.5 Å². The van der Waals surface area contributed by atoms with Crippen molar-refractivity contribution in [1.82, 2.24) is 0 Å². The molecule has 0 N–H and O–H groups in total. The average molecular weight is 533 g/mol. The number of anilines is 4. The SMILES string of the molecule is CCCN(c1ccc(C(=O)c2ccc(N(CCC)c3c(C)cc(C)cc3C)cc2)cc1)c1c(C)cc(C)cc1C. The number of carbonyl (C=O) groups excluding carboxylic acids is 1. The van der Waals surface area contributed by atoms with Gasteiger partial charge in [-0.3, -0.25) is 4.79 Å². The lowest BCUT2D eigenvalue weighted by Crippen LogP contribution is -2.20. The number of ketones is 1. The molecule has 4 rings (SSSR count). The van der Waals surface area contributed by atoms with Crippen molar-refractivity contribution in [2.75, 3.05) is 22.9 Å². The van der Waals surface area contributed by atoms with Crippen LogP contribution in [0.5, 0.6) is 0 Å². The largest absolute Gasteiger partial charge is 0.341 e. The van der Waals surface area contributed by atoms with Gasteiger partial charge >= 0.3 is 0 Å². The zero-order chi connectivity index (χ0) is 29.0. The molecule has 4 aromatic rings. The van der Waals surface area contributed by atoms with Crippen molar-refractivity contribution < 1.29 is 4.79 Å². The number of nitrogens with zero attached hydrogens (tertiary/aromatic N) is 2. The maximum atomic E-state index is 13.5. The summed E-state index contributed by atoms with van der Waals surface area (Å²) in [7, 11) is 0. The predicted octanol–water partition coefficient (Wildman–Crippen LogP) is 9.86. The third-order valence-electron chi connectivity index (χ3n) is 7.59. The molecule has 0 atom stereocenters. The molecule has 0 saturated carbocycles. The van der Waals surface area contributed by atoms with Crippen LogP contribution < -0.4 is 9.80 Å². The van der Waals surface area contributed by atoms with Gasteiger partial charge in [-0.15, -0.1) is 0 Å². The molecule has 0 aliphatic carbocycles. The molecule has 0 aliphatic rings. The Kier molecular flexibility index (Phi) is 9.14. The third-order valence-corrected chi connectivity index (χ3v) is 7.59. The smallest absolute Gasteiger partial charge is 0.193 e. The van der Waals surface area contributed by atoms with Gasteiger partial charge in [0.15, 0.2) is 5.78 Å². The van der Waals surface area contributed by atoms with Crippen LogP contribution in [0.2, 0.25) is 0 Å². The monoisotopic (exact) mass is 532 g/mol. The Morgan fingerprint density at radius 2 is 0.825 bits per heavy atom. The third kappa shape index (κ3) is 6.14. The summed E-state index contributed by atoms with van der Waals surface area (Å²) < 4.78 is 0.